The van der Waals surface area contributed by atoms with Gasteiger partial charge in [0, 0.05) is 34.8 Å². The molecule has 4 rings (SSSR count). The van der Waals surface area contributed by atoms with E-state index in [2.05, 4.69) is 20.9 Å². The molecule has 1 aliphatic rings. The fourth-order valence-electron chi connectivity index (χ4n) is 2.95. The molecule has 0 radical (unpaired) electrons. The number of fused-ring (bicyclic) bond motifs is 1. The molecule has 1 aromatic heterocycles. The lowest BCUT2D eigenvalue weighted by Crippen LogP contribution is -2.25. The van der Waals surface area contributed by atoms with Gasteiger partial charge in [-0.25, -0.2) is 4.98 Å². The first kappa shape index (κ1) is 15.8. The Morgan fingerprint density at radius 2 is 2.12 bits per heavy atom. The normalized spacial score (nSPS) is 17.4. The molecule has 1 atom stereocenters. The second kappa shape index (κ2) is 6.00. The second-order valence-electron chi connectivity index (χ2n) is 5.93. The maximum atomic E-state index is 12.1. The highest BCUT2D eigenvalue weighted by Gasteiger charge is 2.35. The van der Waals surface area contributed by atoms with Crippen molar-refractivity contribution >= 4 is 44.6 Å². The summed E-state index contributed by atoms with van der Waals surface area (Å²) in [6.45, 7) is 0.173. The zero-order chi connectivity index (χ0) is 17.6. The van der Waals surface area contributed by atoms with Gasteiger partial charge in [-0.2, -0.15) is 0 Å². The molecule has 7 heteroatoms. The lowest BCUT2D eigenvalue weighted by Gasteiger charge is -2.15. The molecule has 25 heavy (non-hydrogen) atoms. The Hall–Kier alpha value is -2.67. The van der Waals surface area contributed by atoms with Gasteiger partial charge in [-0.3, -0.25) is 9.59 Å². The fourth-order valence-corrected chi connectivity index (χ4v) is 3.35. The number of oxazole rings is 1. The molecular weight excluding hydrogens is 388 g/mol. The number of aromatic nitrogens is 1. The van der Waals surface area contributed by atoms with E-state index < -0.39 is 11.9 Å². The number of amides is 1. The molecule has 0 saturated carbocycles. The van der Waals surface area contributed by atoms with Crippen LogP contribution >= 0.6 is 15.9 Å². The number of carbonyl (C=O) groups excluding carboxylic acids is 1. The van der Waals surface area contributed by atoms with Crippen molar-refractivity contribution in [1.82, 2.24) is 4.98 Å². The number of benzene rings is 2. The Kier molecular flexibility index (Phi) is 3.80. The van der Waals surface area contributed by atoms with Crippen LogP contribution in [-0.4, -0.2) is 28.5 Å². The molecule has 0 unspecified atom stereocenters. The Morgan fingerprint density at radius 3 is 2.84 bits per heavy atom. The molecule has 1 aliphatic heterocycles. The largest absolute Gasteiger partial charge is 0.481 e. The van der Waals surface area contributed by atoms with Crippen LogP contribution in [0.25, 0.3) is 22.6 Å². The molecule has 6 nitrogen and oxygen atoms in total. The number of aliphatic carboxylic acids is 1. The van der Waals surface area contributed by atoms with Gasteiger partial charge in [0.1, 0.15) is 5.52 Å². The minimum Gasteiger partial charge on any atom is -0.481 e. The molecule has 1 amide bonds. The number of hydrogen-bond donors (Lipinski definition) is 1. The van der Waals surface area contributed by atoms with Gasteiger partial charge in [0.2, 0.25) is 11.8 Å². The zero-order valence-corrected chi connectivity index (χ0v) is 14.6. The number of carboxylic acids is 1. The number of hydrogen-bond acceptors (Lipinski definition) is 4. The SMILES string of the molecule is O=C(O)[C@H]1CC(=O)N(c2ccc3nc(-c4cccc(Br)c4)oc3c2)C1. The summed E-state index contributed by atoms with van der Waals surface area (Å²) in [4.78, 5) is 29.2. The van der Waals surface area contributed by atoms with Crippen LogP contribution in [0.1, 0.15) is 6.42 Å². The lowest BCUT2D eigenvalue weighted by atomic mass is 10.1. The van der Waals surface area contributed by atoms with Gasteiger partial charge in [-0.15, -0.1) is 0 Å². The molecule has 0 spiro atoms. The van der Waals surface area contributed by atoms with Gasteiger partial charge >= 0.3 is 5.97 Å². The van der Waals surface area contributed by atoms with E-state index in [0.717, 1.165) is 10.0 Å². The molecule has 0 aliphatic carbocycles. The topological polar surface area (TPSA) is 83.6 Å². The van der Waals surface area contributed by atoms with Gasteiger partial charge < -0.3 is 14.4 Å². The highest BCUT2D eigenvalue weighted by molar-refractivity contribution is 9.10. The molecule has 2 aromatic carbocycles. The summed E-state index contributed by atoms with van der Waals surface area (Å²) < 4.78 is 6.76. The van der Waals surface area contributed by atoms with E-state index >= 15 is 0 Å². The van der Waals surface area contributed by atoms with E-state index in [4.69, 9.17) is 9.52 Å². The summed E-state index contributed by atoms with van der Waals surface area (Å²) in [6.07, 6.45) is 0.0209. The van der Waals surface area contributed by atoms with E-state index in [1.165, 1.54) is 4.90 Å². The Balaban J connectivity index is 1.69. The van der Waals surface area contributed by atoms with Crippen LogP contribution in [-0.2, 0) is 9.59 Å². The van der Waals surface area contributed by atoms with Gasteiger partial charge in [0.05, 0.1) is 5.92 Å². The molecule has 1 N–H and O–H groups in total. The summed E-state index contributed by atoms with van der Waals surface area (Å²) >= 11 is 3.42. The molecule has 126 valence electrons. The van der Waals surface area contributed by atoms with E-state index in [9.17, 15) is 9.59 Å². The Morgan fingerprint density at radius 1 is 1.28 bits per heavy atom. The molecule has 1 fully saturated rings. The van der Waals surface area contributed by atoms with E-state index in [1.54, 1.807) is 18.2 Å². The third-order valence-electron chi connectivity index (χ3n) is 4.23. The summed E-state index contributed by atoms with van der Waals surface area (Å²) in [5.74, 6) is -1.33. The maximum absolute atomic E-state index is 12.1. The van der Waals surface area contributed by atoms with Crippen LogP contribution in [0.3, 0.4) is 0 Å². The standard InChI is InChI=1S/C18H13BrN2O4/c19-12-3-1-2-10(6-12)17-20-14-5-4-13(8-15(14)25-17)21-9-11(18(23)24)7-16(21)22/h1-6,8,11H,7,9H2,(H,23,24)/t11-/m0/s1. The van der Waals surface area contributed by atoms with Gasteiger partial charge in [0.15, 0.2) is 5.58 Å². The van der Waals surface area contributed by atoms with Gasteiger partial charge in [-0.05, 0) is 30.3 Å². The van der Waals surface area contributed by atoms with Crippen LogP contribution in [0, 0.1) is 5.92 Å². The zero-order valence-electron chi connectivity index (χ0n) is 13.0. The van der Waals surface area contributed by atoms with Crippen molar-refractivity contribution < 1.29 is 19.1 Å². The first-order valence-corrected chi connectivity index (χ1v) is 8.50. The first-order valence-electron chi connectivity index (χ1n) is 7.71. The lowest BCUT2D eigenvalue weighted by molar-refractivity contribution is -0.141. The minimum atomic E-state index is -0.950. The minimum absolute atomic E-state index is 0.0209. The fraction of sp³-hybridized carbons (Fsp3) is 0.167. The van der Waals surface area contributed by atoms with Crippen molar-refractivity contribution in [3.63, 3.8) is 0 Å². The quantitative estimate of drug-likeness (QED) is 0.724. The molecule has 0 bridgehead atoms. The molecule has 1 saturated heterocycles. The number of nitrogens with zero attached hydrogens (tertiary/aromatic N) is 2. The number of halogens is 1. The van der Waals surface area contributed by atoms with E-state index in [-0.39, 0.29) is 18.9 Å². The van der Waals surface area contributed by atoms with Crippen LogP contribution in [0.2, 0.25) is 0 Å². The smallest absolute Gasteiger partial charge is 0.308 e. The maximum Gasteiger partial charge on any atom is 0.308 e. The number of rotatable bonds is 3. The monoisotopic (exact) mass is 400 g/mol. The molecule has 3 aromatic rings. The van der Waals surface area contributed by atoms with Crippen molar-refractivity contribution in [1.29, 1.82) is 0 Å². The average Bonchev–Trinajstić information content (AvgIpc) is 3.17. The summed E-state index contributed by atoms with van der Waals surface area (Å²) in [5, 5.41) is 9.11. The van der Waals surface area contributed by atoms with Crippen molar-refractivity contribution in [2.75, 3.05) is 11.4 Å². The third-order valence-corrected chi connectivity index (χ3v) is 4.72. The van der Waals surface area contributed by atoms with Crippen molar-refractivity contribution in [2.24, 2.45) is 5.92 Å². The van der Waals surface area contributed by atoms with Crippen molar-refractivity contribution in [2.45, 2.75) is 6.42 Å². The predicted molar refractivity (Wildman–Crippen MR) is 95.2 cm³/mol. The van der Waals surface area contributed by atoms with Crippen LogP contribution in [0.15, 0.2) is 51.4 Å². The highest BCUT2D eigenvalue weighted by atomic mass is 79.9. The second-order valence-corrected chi connectivity index (χ2v) is 6.84. The number of carboxylic acid groups (broad SMARTS) is 1. The van der Waals surface area contributed by atoms with Crippen LogP contribution in [0.4, 0.5) is 5.69 Å². The molecule has 2 heterocycles. The van der Waals surface area contributed by atoms with Crippen LogP contribution < -0.4 is 4.90 Å². The Bertz CT molecular complexity index is 998. The van der Waals surface area contributed by atoms with E-state index in [1.807, 2.05) is 24.3 Å². The number of anilines is 1. The van der Waals surface area contributed by atoms with Crippen molar-refractivity contribution in [3.05, 3.63) is 46.9 Å². The third kappa shape index (κ3) is 2.91. The van der Waals surface area contributed by atoms with Gasteiger partial charge in [-0.1, -0.05) is 22.0 Å². The van der Waals surface area contributed by atoms with Gasteiger partial charge in [0.25, 0.3) is 0 Å². The van der Waals surface area contributed by atoms with E-state index in [0.29, 0.717) is 22.7 Å². The summed E-state index contributed by atoms with van der Waals surface area (Å²) in [5.41, 5.74) is 2.70. The van der Waals surface area contributed by atoms with Crippen molar-refractivity contribution in [3.8, 4) is 11.5 Å². The molecular formula is C18H13BrN2O4. The highest BCUT2D eigenvalue weighted by Crippen LogP contribution is 2.31. The summed E-state index contributed by atoms with van der Waals surface area (Å²) in [7, 11) is 0. The number of carbonyl (C=O) groups is 2. The first-order chi connectivity index (χ1) is 12.0. The summed E-state index contributed by atoms with van der Waals surface area (Å²) in [6, 6.07) is 12.9. The average molecular weight is 401 g/mol. The Labute approximate surface area is 151 Å². The predicted octanol–water partition coefficient (Wildman–Crippen LogP) is 3.69. The van der Waals surface area contributed by atoms with Crippen LogP contribution in [0.5, 0.6) is 0 Å².